The Morgan fingerprint density at radius 3 is 1.50 bits per heavy atom. The number of rotatable bonds is 7. The highest BCUT2D eigenvalue weighted by Crippen LogP contribution is 2.22. The van der Waals surface area contributed by atoms with Crippen LogP contribution in [0, 0.1) is 13.8 Å². The van der Waals surface area contributed by atoms with Crippen molar-refractivity contribution in [2.75, 3.05) is 0 Å². The zero-order valence-corrected chi connectivity index (χ0v) is 27.4. The fraction of sp³-hybridized carbons (Fsp3) is 0.0571. The predicted molar refractivity (Wildman–Crippen MR) is 183 cm³/mol. The van der Waals surface area contributed by atoms with Crippen LogP contribution < -0.4 is 0 Å². The van der Waals surface area contributed by atoms with Crippen LogP contribution in [0.25, 0.3) is 34.5 Å². The number of fused-ring (bicyclic) bond motifs is 2. The summed E-state index contributed by atoms with van der Waals surface area (Å²) in [5.41, 5.74) is 5.25. The van der Waals surface area contributed by atoms with Gasteiger partial charge in [0.2, 0.25) is 0 Å². The van der Waals surface area contributed by atoms with Crippen LogP contribution in [0.3, 0.4) is 0 Å². The van der Waals surface area contributed by atoms with Gasteiger partial charge in [-0.2, -0.15) is 0 Å². The van der Waals surface area contributed by atoms with Gasteiger partial charge in [0.15, 0.2) is 17.6 Å². The Morgan fingerprint density at radius 2 is 1.02 bits per heavy atom. The molecule has 0 unspecified atom stereocenters. The number of carbonyl (C=O) groups excluding carboxylic acids is 1. The fourth-order valence-electron chi connectivity index (χ4n) is 4.72. The van der Waals surface area contributed by atoms with Crippen molar-refractivity contribution in [1.29, 1.82) is 0 Å². The summed E-state index contributed by atoms with van der Waals surface area (Å²) in [7, 11) is -7.44. The van der Waals surface area contributed by atoms with Crippen molar-refractivity contribution in [1.82, 2.24) is 27.9 Å². The van der Waals surface area contributed by atoms with Gasteiger partial charge in [-0.3, -0.25) is 4.79 Å². The molecule has 0 spiro atoms. The topological polar surface area (TPSA) is 147 Å². The van der Waals surface area contributed by atoms with Gasteiger partial charge in [-0.15, -0.1) is 0 Å². The highest BCUT2D eigenvalue weighted by molar-refractivity contribution is 7.90. The van der Waals surface area contributed by atoms with Gasteiger partial charge in [0, 0.05) is 12.4 Å². The summed E-state index contributed by atoms with van der Waals surface area (Å²) in [6.07, 6.45) is 10.1. The molecule has 4 heterocycles. The lowest BCUT2D eigenvalue weighted by Gasteiger charge is -2.07. The lowest BCUT2D eigenvalue weighted by molar-refractivity contribution is 0.111. The van der Waals surface area contributed by atoms with Gasteiger partial charge >= 0.3 is 0 Å². The molecule has 7 rings (SSSR count). The van der Waals surface area contributed by atoms with Gasteiger partial charge < -0.3 is 0 Å². The second-order valence-electron chi connectivity index (χ2n) is 10.7. The summed E-state index contributed by atoms with van der Waals surface area (Å²) in [5, 5.41) is 0. The molecule has 0 atom stereocenters. The third-order valence-electron chi connectivity index (χ3n) is 7.27. The summed E-state index contributed by atoms with van der Waals surface area (Å²) in [6, 6.07) is 26.3. The number of hydrogen-bond donors (Lipinski definition) is 0. The molecular formula is C35H28N6O5S2. The molecule has 13 heteroatoms. The SMILES string of the molecule is Cc1ccc(S(=O)(=O)n2ccc3nc(/C=C/c4ccccc4)cnc32)cc1.Cc1ccc(S(=O)(=O)n2ccc3nc(C=O)cnc32)cc1. The smallest absolute Gasteiger partial charge is 0.269 e. The molecule has 0 amide bonds. The molecule has 0 radical (unpaired) electrons. The molecule has 0 saturated carbocycles. The minimum Gasteiger partial charge on any atom is -0.296 e. The Hall–Kier alpha value is -5.79. The van der Waals surface area contributed by atoms with Crippen LogP contribution >= 0.6 is 0 Å². The average Bonchev–Trinajstić information content (AvgIpc) is 3.73. The standard InChI is InChI=1S/C21H17N3O2S.C14H11N3O3S/c1-16-7-11-19(12-8-16)27(25,26)24-14-13-20-21(24)22-15-18(23-20)10-9-17-5-3-2-4-6-17;1-10-2-4-12(5-3-10)21(19,20)17-7-6-13-14(17)15-8-11(9-18)16-13/h2-15H,1H3;2-9H,1H3/b10-9+;. The lowest BCUT2D eigenvalue weighted by atomic mass is 10.2. The molecule has 4 aromatic heterocycles. The van der Waals surface area contributed by atoms with E-state index in [2.05, 4.69) is 19.9 Å². The second kappa shape index (κ2) is 13.1. The second-order valence-corrected chi connectivity index (χ2v) is 14.4. The minimum atomic E-state index is -3.73. The normalized spacial score (nSPS) is 11.9. The number of aryl methyl sites for hydroxylation is 2. The van der Waals surface area contributed by atoms with E-state index in [1.165, 1.54) is 28.6 Å². The summed E-state index contributed by atoms with van der Waals surface area (Å²) < 4.78 is 53.2. The van der Waals surface area contributed by atoms with E-state index in [9.17, 15) is 21.6 Å². The summed E-state index contributed by atoms with van der Waals surface area (Å²) in [4.78, 5) is 27.9. The Bertz CT molecular complexity index is 2510. The maximum atomic E-state index is 12.9. The Balaban J connectivity index is 0.000000173. The first kappa shape index (κ1) is 32.2. The number of aldehydes is 1. The lowest BCUT2D eigenvalue weighted by Crippen LogP contribution is -2.12. The molecule has 0 aliphatic rings. The van der Waals surface area contributed by atoms with Crippen molar-refractivity contribution < 1.29 is 21.6 Å². The predicted octanol–water partition coefficient (Wildman–Crippen LogP) is 5.94. The van der Waals surface area contributed by atoms with Crippen molar-refractivity contribution in [2.45, 2.75) is 23.6 Å². The molecule has 0 N–H and O–H groups in total. The third kappa shape index (κ3) is 6.54. The maximum Gasteiger partial charge on any atom is 0.269 e. The molecule has 48 heavy (non-hydrogen) atoms. The molecular weight excluding hydrogens is 649 g/mol. The van der Waals surface area contributed by atoms with Crippen molar-refractivity contribution in [3.8, 4) is 0 Å². The van der Waals surface area contributed by atoms with E-state index in [4.69, 9.17) is 0 Å². The Morgan fingerprint density at radius 1 is 0.562 bits per heavy atom. The first-order valence-corrected chi connectivity index (χ1v) is 17.5. The largest absolute Gasteiger partial charge is 0.296 e. The van der Waals surface area contributed by atoms with E-state index in [1.807, 2.05) is 56.3 Å². The minimum absolute atomic E-state index is 0.160. The van der Waals surface area contributed by atoms with Gasteiger partial charge in [0.05, 0.1) is 27.9 Å². The van der Waals surface area contributed by atoms with Crippen molar-refractivity contribution in [3.05, 3.63) is 144 Å². The van der Waals surface area contributed by atoms with Crippen molar-refractivity contribution >= 4 is 60.8 Å². The fourth-order valence-corrected chi connectivity index (χ4v) is 7.32. The zero-order valence-electron chi connectivity index (χ0n) is 25.7. The molecule has 7 aromatic rings. The number of carbonyl (C=O) groups is 1. The van der Waals surface area contributed by atoms with Crippen molar-refractivity contribution in [3.63, 3.8) is 0 Å². The van der Waals surface area contributed by atoms with Crippen LogP contribution in [-0.4, -0.2) is 51.0 Å². The van der Waals surface area contributed by atoms with Crippen LogP contribution in [0.2, 0.25) is 0 Å². The van der Waals surface area contributed by atoms with Crippen LogP contribution in [-0.2, 0) is 20.0 Å². The molecule has 0 aliphatic heterocycles. The number of nitrogens with zero attached hydrogens (tertiary/aromatic N) is 6. The monoisotopic (exact) mass is 676 g/mol. The van der Waals surface area contributed by atoms with Gasteiger partial charge in [-0.05, 0) is 61.9 Å². The maximum absolute atomic E-state index is 12.9. The quantitative estimate of drug-likeness (QED) is 0.187. The number of benzene rings is 3. The average molecular weight is 677 g/mol. The van der Waals surface area contributed by atoms with Gasteiger partial charge in [-0.25, -0.2) is 44.7 Å². The molecule has 240 valence electrons. The van der Waals surface area contributed by atoms with E-state index in [0.29, 0.717) is 28.7 Å². The molecule has 0 fully saturated rings. The summed E-state index contributed by atoms with van der Waals surface area (Å²) in [5.74, 6) is 0. The highest BCUT2D eigenvalue weighted by Gasteiger charge is 2.21. The summed E-state index contributed by atoms with van der Waals surface area (Å²) >= 11 is 0. The number of aromatic nitrogens is 6. The Labute approximate surface area is 277 Å². The molecule has 11 nitrogen and oxygen atoms in total. The van der Waals surface area contributed by atoms with E-state index >= 15 is 0 Å². The van der Waals surface area contributed by atoms with E-state index in [-0.39, 0.29) is 21.1 Å². The van der Waals surface area contributed by atoms with Gasteiger partial charge in [0.25, 0.3) is 20.0 Å². The third-order valence-corrected chi connectivity index (χ3v) is 10.6. The van der Waals surface area contributed by atoms with Gasteiger partial charge in [0.1, 0.15) is 16.7 Å². The molecule has 0 saturated heterocycles. The van der Waals surface area contributed by atoms with E-state index in [1.54, 1.807) is 60.8 Å². The van der Waals surface area contributed by atoms with E-state index < -0.39 is 20.0 Å². The molecule has 0 bridgehead atoms. The first-order chi connectivity index (χ1) is 23.1. The van der Waals surface area contributed by atoms with Crippen molar-refractivity contribution in [2.24, 2.45) is 0 Å². The van der Waals surface area contributed by atoms with Crippen LogP contribution in [0.5, 0.6) is 0 Å². The highest BCUT2D eigenvalue weighted by atomic mass is 32.2. The summed E-state index contributed by atoms with van der Waals surface area (Å²) in [6.45, 7) is 3.80. The van der Waals surface area contributed by atoms with Crippen LogP contribution in [0.1, 0.15) is 32.9 Å². The number of hydrogen-bond acceptors (Lipinski definition) is 9. The Kier molecular flexibility index (Phi) is 8.80. The van der Waals surface area contributed by atoms with Crippen LogP contribution in [0.4, 0.5) is 0 Å². The molecule has 3 aromatic carbocycles. The first-order valence-electron chi connectivity index (χ1n) is 14.6. The zero-order chi connectivity index (χ0) is 33.9. The van der Waals surface area contributed by atoms with Gasteiger partial charge in [-0.1, -0.05) is 71.8 Å². The van der Waals surface area contributed by atoms with Crippen LogP contribution in [0.15, 0.2) is 126 Å². The molecule has 0 aliphatic carbocycles. The van der Waals surface area contributed by atoms with E-state index in [0.717, 1.165) is 20.7 Å².